The van der Waals surface area contributed by atoms with Crippen molar-refractivity contribution in [1.82, 2.24) is 15.2 Å². The lowest BCUT2D eigenvalue weighted by atomic mass is 10.3. The Bertz CT molecular complexity index is 868. The molecule has 0 spiro atoms. The number of nitrogens with zero attached hydrogens (tertiary/aromatic N) is 3. The summed E-state index contributed by atoms with van der Waals surface area (Å²) >= 11 is 2.39. The van der Waals surface area contributed by atoms with Gasteiger partial charge in [0.2, 0.25) is 5.91 Å². The Kier molecular flexibility index (Phi) is 5.97. The number of rotatable bonds is 5. The predicted octanol–water partition coefficient (Wildman–Crippen LogP) is 2.63. The normalized spacial score (nSPS) is 13.4. The Morgan fingerprint density at radius 2 is 2.15 bits per heavy atom. The lowest BCUT2D eigenvalue weighted by molar-refractivity contribution is -0.115. The number of nitrogens with one attached hydrogen (secondary N) is 2. The van der Waals surface area contributed by atoms with Gasteiger partial charge >= 0.3 is 6.03 Å². The molecule has 27 heavy (non-hydrogen) atoms. The number of urea groups is 1. The third-order valence-electron chi connectivity index (χ3n) is 3.69. The predicted molar refractivity (Wildman–Crippen MR) is 107 cm³/mol. The summed E-state index contributed by atoms with van der Waals surface area (Å²) < 4.78 is 0. The lowest BCUT2D eigenvalue weighted by Crippen LogP contribution is -2.27. The molecule has 2 heterocycles. The Morgan fingerprint density at radius 1 is 1.37 bits per heavy atom. The maximum absolute atomic E-state index is 12.4. The van der Waals surface area contributed by atoms with Gasteiger partial charge in [0.05, 0.1) is 17.8 Å². The number of benzene rings is 1. The van der Waals surface area contributed by atoms with Gasteiger partial charge in [0.25, 0.3) is 5.24 Å². The van der Waals surface area contributed by atoms with Crippen LogP contribution < -0.4 is 15.5 Å². The largest absolute Gasteiger partial charge is 0.339 e. The number of hydrogen-bond acceptors (Lipinski definition) is 6. The first kappa shape index (κ1) is 19.2. The maximum atomic E-state index is 12.4. The summed E-state index contributed by atoms with van der Waals surface area (Å²) in [5.41, 5.74) is 1.18. The van der Waals surface area contributed by atoms with Crippen molar-refractivity contribution in [1.29, 1.82) is 0 Å². The van der Waals surface area contributed by atoms with Crippen LogP contribution in [0.4, 0.5) is 20.4 Å². The fraction of sp³-hybridized carbons (Fsp3) is 0.294. The molecule has 0 radical (unpaired) electrons. The molecule has 0 aliphatic carbocycles. The van der Waals surface area contributed by atoms with E-state index in [9.17, 15) is 14.4 Å². The van der Waals surface area contributed by atoms with E-state index in [2.05, 4.69) is 15.6 Å². The van der Waals surface area contributed by atoms with Crippen molar-refractivity contribution in [2.75, 3.05) is 37.4 Å². The highest BCUT2D eigenvalue weighted by molar-refractivity contribution is 8.13. The number of aromatic nitrogens is 1. The smallest absolute Gasteiger partial charge is 0.323 e. The molecule has 8 nitrogen and oxygen atoms in total. The zero-order chi connectivity index (χ0) is 19.4. The second-order valence-corrected chi connectivity index (χ2v) is 7.82. The fourth-order valence-corrected chi connectivity index (χ4v) is 3.95. The molecule has 0 unspecified atom stereocenters. The first-order chi connectivity index (χ1) is 12.9. The van der Waals surface area contributed by atoms with Crippen molar-refractivity contribution in [3.05, 3.63) is 35.3 Å². The first-order valence-electron chi connectivity index (χ1n) is 8.22. The Hall–Kier alpha value is -2.59. The van der Waals surface area contributed by atoms with E-state index in [-0.39, 0.29) is 23.6 Å². The van der Waals surface area contributed by atoms with E-state index in [4.69, 9.17) is 0 Å². The van der Waals surface area contributed by atoms with Crippen molar-refractivity contribution in [3.63, 3.8) is 0 Å². The van der Waals surface area contributed by atoms with Crippen LogP contribution in [-0.2, 0) is 11.2 Å². The third kappa shape index (κ3) is 4.77. The Morgan fingerprint density at radius 3 is 2.85 bits per heavy atom. The van der Waals surface area contributed by atoms with Gasteiger partial charge in [-0.15, -0.1) is 11.3 Å². The molecule has 1 aromatic heterocycles. The van der Waals surface area contributed by atoms with Crippen molar-refractivity contribution >= 4 is 51.1 Å². The van der Waals surface area contributed by atoms with E-state index in [1.807, 2.05) is 6.07 Å². The number of hydrogen-bond donors (Lipinski definition) is 2. The van der Waals surface area contributed by atoms with Gasteiger partial charge < -0.3 is 15.5 Å². The van der Waals surface area contributed by atoms with Gasteiger partial charge in [0.1, 0.15) is 0 Å². The minimum atomic E-state index is -0.233. The topological polar surface area (TPSA) is 94.6 Å². The van der Waals surface area contributed by atoms with Crippen LogP contribution in [0, 0.1) is 0 Å². The Balaban J connectivity index is 1.64. The quantitative estimate of drug-likeness (QED) is 0.746. The molecule has 1 saturated heterocycles. The van der Waals surface area contributed by atoms with Crippen molar-refractivity contribution in [2.24, 2.45) is 0 Å². The number of anilines is 2. The van der Waals surface area contributed by atoms with Crippen molar-refractivity contribution in [3.8, 4) is 0 Å². The van der Waals surface area contributed by atoms with Gasteiger partial charge in [-0.05, 0) is 23.9 Å². The number of carbonyl (C=O) groups excluding carboxylic acids is 3. The lowest BCUT2D eigenvalue weighted by Gasteiger charge is -2.13. The second kappa shape index (κ2) is 8.40. The fourth-order valence-electron chi connectivity index (χ4n) is 2.36. The van der Waals surface area contributed by atoms with E-state index >= 15 is 0 Å². The minimum Gasteiger partial charge on any atom is -0.339 e. The van der Waals surface area contributed by atoms with Crippen LogP contribution in [0.5, 0.6) is 0 Å². The van der Waals surface area contributed by atoms with Crippen LogP contribution in [0.25, 0.3) is 0 Å². The van der Waals surface area contributed by atoms with E-state index in [0.717, 1.165) is 11.8 Å². The van der Waals surface area contributed by atoms with Gasteiger partial charge in [-0.1, -0.05) is 12.1 Å². The van der Waals surface area contributed by atoms with Crippen LogP contribution in [0.1, 0.15) is 5.69 Å². The third-order valence-corrected chi connectivity index (χ3v) is 5.72. The molecule has 0 bridgehead atoms. The summed E-state index contributed by atoms with van der Waals surface area (Å²) in [7, 11) is 3.36. The molecule has 10 heteroatoms. The van der Waals surface area contributed by atoms with E-state index in [0.29, 0.717) is 34.5 Å². The van der Waals surface area contributed by atoms with E-state index < -0.39 is 0 Å². The van der Waals surface area contributed by atoms with Gasteiger partial charge in [-0.25, -0.2) is 9.78 Å². The highest BCUT2D eigenvalue weighted by Gasteiger charge is 2.24. The molecule has 1 fully saturated rings. The molecule has 4 amide bonds. The van der Waals surface area contributed by atoms with Gasteiger partial charge in [-0.3, -0.25) is 14.5 Å². The van der Waals surface area contributed by atoms with Crippen LogP contribution in [0.3, 0.4) is 0 Å². The summed E-state index contributed by atoms with van der Waals surface area (Å²) in [5, 5.41) is 7.79. The molecule has 1 aliphatic rings. The monoisotopic (exact) mass is 405 g/mol. The number of carbonyl (C=O) groups is 3. The maximum Gasteiger partial charge on any atom is 0.323 e. The van der Waals surface area contributed by atoms with Gasteiger partial charge in [-0.2, -0.15) is 0 Å². The summed E-state index contributed by atoms with van der Waals surface area (Å²) in [6.07, 6.45) is 0.0899. The molecular formula is C17H19N5O3S2. The highest BCUT2D eigenvalue weighted by Crippen LogP contribution is 2.29. The molecule has 3 rings (SSSR count). The molecule has 1 aliphatic heterocycles. The van der Waals surface area contributed by atoms with Gasteiger partial charge in [0.15, 0.2) is 5.13 Å². The molecule has 2 N–H and O–H groups in total. The summed E-state index contributed by atoms with van der Waals surface area (Å²) in [5.74, 6) is -0.233. The number of amides is 4. The molecular weight excluding hydrogens is 386 g/mol. The molecule has 1 aromatic carbocycles. The molecule has 0 atom stereocenters. The number of thioether (sulfide) groups is 1. The standard InChI is InChI=1S/C17H19N5O3S2/c1-21(2)17(25)27-13-6-4-3-5-12(13)20-14(23)9-11-10-26-16(19-11)22-8-7-18-15(22)24/h3-6,10H,7-9H2,1-2H3,(H,18,24)(H,20,23). The van der Waals surface area contributed by atoms with Gasteiger partial charge in [0, 0.05) is 37.5 Å². The summed E-state index contributed by atoms with van der Waals surface area (Å²) in [6, 6.07) is 6.98. The summed E-state index contributed by atoms with van der Waals surface area (Å²) in [4.78, 5) is 44.1. The average molecular weight is 406 g/mol. The van der Waals surface area contributed by atoms with Crippen molar-refractivity contribution < 1.29 is 14.4 Å². The van der Waals surface area contributed by atoms with E-state index in [1.54, 1.807) is 42.6 Å². The summed E-state index contributed by atoms with van der Waals surface area (Å²) in [6.45, 7) is 1.16. The molecule has 2 aromatic rings. The number of thiazole rings is 1. The second-order valence-electron chi connectivity index (χ2n) is 5.99. The van der Waals surface area contributed by atoms with Crippen LogP contribution in [0.2, 0.25) is 0 Å². The molecule has 0 saturated carbocycles. The molecule has 142 valence electrons. The Labute approximate surface area is 164 Å². The van der Waals surface area contributed by atoms with Crippen LogP contribution >= 0.6 is 23.1 Å². The average Bonchev–Trinajstić information content (AvgIpc) is 3.25. The zero-order valence-electron chi connectivity index (χ0n) is 14.9. The van der Waals surface area contributed by atoms with Crippen LogP contribution in [0.15, 0.2) is 34.5 Å². The SMILES string of the molecule is CN(C)C(=O)Sc1ccccc1NC(=O)Cc1csc(N2CCNC2=O)n1. The van der Waals surface area contributed by atoms with E-state index in [1.165, 1.54) is 16.2 Å². The number of para-hydroxylation sites is 1. The highest BCUT2D eigenvalue weighted by atomic mass is 32.2. The first-order valence-corrected chi connectivity index (χ1v) is 9.91. The minimum absolute atomic E-state index is 0.0899. The van der Waals surface area contributed by atoms with Crippen molar-refractivity contribution in [2.45, 2.75) is 11.3 Å². The zero-order valence-corrected chi connectivity index (χ0v) is 16.5. The van der Waals surface area contributed by atoms with Crippen LogP contribution in [-0.4, -0.2) is 54.2 Å².